The number of piperazine rings is 1. The summed E-state index contributed by atoms with van der Waals surface area (Å²) in [5, 5.41) is 9.80. The molecule has 1 aliphatic rings. The average molecular weight is 284 g/mol. The summed E-state index contributed by atoms with van der Waals surface area (Å²) < 4.78 is 26.0. The highest BCUT2D eigenvalue weighted by molar-refractivity contribution is 5.17. The Morgan fingerprint density at radius 2 is 1.65 bits per heavy atom. The first-order chi connectivity index (χ1) is 9.33. The third-order valence-corrected chi connectivity index (χ3v) is 3.47. The van der Waals surface area contributed by atoms with Crippen molar-refractivity contribution in [1.82, 2.24) is 9.80 Å². The number of hydrogen-bond acceptors (Lipinski definition) is 3. The highest BCUT2D eigenvalue weighted by atomic mass is 19.2. The minimum absolute atomic E-state index is 0.632. The Morgan fingerprint density at radius 3 is 2.20 bits per heavy atom. The summed E-state index contributed by atoms with van der Waals surface area (Å²) in [6.07, 6.45) is 0. The van der Waals surface area contributed by atoms with Crippen molar-refractivity contribution in [3.8, 4) is 0 Å². The molecule has 1 aliphatic heterocycles. The Hall–Kier alpha value is -1.04. The molecule has 1 N–H and O–H groups in total. The summed E-state index contributed by atoms with van der Waals surface area (Å²) in [7, 11) is 0. The molecular weight excluding hydrogens is 262 g/mol. The predicted molar refractivity (Wildman–Crippen MR) is 74.4 cm³/mol. The van der Waals surface area contributed by atoms with E-state index in [9.17, 15) is 13.9 Å². The van der Waals surface area contributed by atoms with Crippen LogP contribution in [0.1, 0.15) is 19.4 Å². The van der Waals surface area contributed by atoms with Crippen molar-refractivity contribution < 1.29 is 13.9 Å². The molecular formula is C15H22F2N2O. The van der Waals surface area contributed by atoms with Crippen LogP contribution in [0.5, 0.6) is 0 Å². The third kappa shape index (κ3) is 4.51. The largest absolute Gasteiger partial charge is 0.389 e. The molecule has 1 aromatic carbocycles. The average Bonchev–Trinajstić information content (AvgIpc) is 2.35. The zero-order chi connectivity index (χ0) is 14.8. The second kappa shape index (κ2) is 6.16. The first kappa shape index (κ1) is 15.4. The highest BCUT2D eigenvalue weighted by Crippen LogP contribution is 2.14. The number of benzene rings is 1. The summed E-state index contributed by atoms with van der Waals surface area (Å²) in [5.74, 6) is -1.59. The topological polar surface area (TPSA) is 26.7 Å². The van der Waals surface area contributed by atoms with Crippen LogP contribution in [0.4, 0.5) is 8.78 Å². The monoisotopic (exact) mass is 284 g/mol. The number of hydrogen-bond donors (Lipinski definition) is 1. The summed E-state index contributed by atoms with van der Waals surface area (Å²) in [6, 6.07) is 4.06. The molecule has 0 aromatic heterocycles. The second-order valence-corrected chi connectivity index (χ2v) is 6.11. The molecule has 1 aromatic rings. The van der Waals surface area contributed by atoms with Crippen LogP contribution in [0, 0.1) is 11.6 Å². The van der Waals surface area contributed by atoms with Crippen LogP contribution in [0.3, 0.4) is 0 Å². The lowest BCUT2D eigenvalue weighted by molar-refractivity contribution is 0.0166. The fourth-order valence-electron chi connectivity index (χ4n) is 2.55. The molecule has 20 heavy (non-hydrogen) atoms. The van der Waals surface area contributed by atoms with Crippen molar-refractivity contribution in [3.05, 3.63) is 35.4 Å². The molecule has 0 amide bonds. The minimum Gasteiger partial charge on any atom is -0.389 e. The van der Waals surface area contributed by atoms with Crippen LogP contribution >= 0.6 is 0 Å². The van der Waals surface area contributed by atoms with Crippen molar-refractivity contribution >= 4 is 0 Å². The van der Waals surface area contributed by atoms with Crippen LogP contribution in [0.15, 0.2) is 18.2 Å². The molecule has 1 saturated heterocycles. The van der Waals surface area contributed by atoms with Crippen molar-refractivity contribution in [2.45, 2.75) is 26.0 Å². The third-order valence-electron chi connectivity index (χ3n) is 3.47. The maximum atomic E-state index is 13.2. The van der Waals surface area contributed by atoms with E-state index in [1.54, 1.807) is 19.9 Å². The van der Waals surface area contributed by atoms with E-state index < -0.39 is 17.2 Å². The Morgan fingerprint density at radius 1 is 1.05 bits per heavy atom. The van der Waals surface area contributed by atoms with Gasteiger partial charge in [0.1, 0.15) is 0 Å². The lowest BCUT2D eigenvalue weighted by atomic mass is 10.1. The molecule has 112 valence electrons. The van der Waals surface area contributed by atoms with Gasteiger partial charge in [0.25, 0.3) is 0 Å². The fraction of sp³-hybridized carbons (Fsp3) is 0.600. The minimum atomic E-state index is -0.802. The van der Waals surface area contributed by atoms with Gasteiger partial charge in [-0.25, -0.2) is 8.78 Å². The highest BCUT2D eigenvalue weighted by Gasteiger charge is 2.22. The molecule has 0 saturated carbocycles. The smallest absolute Gasteiger partial charge is 0.159 e. The van der Waals surface area contributed by atoms with E-state index in [2.05, 4.69) is 9.80 Å². The van der Waals surface area contributed by atoms with E-state index >= 15 is 0 Å². The SMILES string of the molecule is CC(C)(O)CN1CCN(Cc2ccc(F)c(F)c2)CC1. The van der Waals surface area contributed by atoms with Gasteiger partial charge in [-0.15, -0.1) is 0 Å². The number of nitrogens with zero attached hydrogens (tertiary/aromatic N) is 2. The molecule has 0 bridgehead atoms. The van der Waals surface area contributed by atoms with E-state index in [0.717, 1.165) is 31.7 Å². The van der Waals surface area contributed by atoms with Crippen molar-refractivity contribution in [3.63, 3.8) is 0 Å². The number of halogens is 2. The van der Waals surface area contributed by atoms with Gasteiger partial charge in [0.2, 0.25) is 0 Å². The normalized spacial score (nSPS) is 18.4. The van der Waals surface area contributed by atoms with Crippen molar-refractivity contribution in [2.75, 3.05) is 32.7 Å². The Labute approximate surface area is 118 Å². The fourth-order valence-corrected chi connectivity index (χ4v) is 2.55. The Bertz CT molecular complexity index is 452. The van der Waals surface area contributed by atoms with Crippen molar-refractivity contribution in [2.24, 2.45) is 0 Å². The van der Waals surface area contributed by atoms with E-state index in [1.807, 2.05) is 0 Å². The number of β-amino-alcohol motifs (C(OH)–C–C–N with tert-alkyl or cyclic N) is 1. The number of rotatable bonds is 4. The maximum Gasteiger partial charge on any atom is 0.159 e. The van der Waals surface area contributed by atoms with Crippen LogP contribution in [0.2, 0.25) is 0 Å². The van der Waals surface area contributed by atoms with Gasteiger partial charge < -0.3 is 5.11 Å². The molecule has 5 heteroatoms. The number of aliphatic hydroxyl groups is 1. The second-order valence-electron chi connectivity index (χ2n) is 6.11. The van der Waals surface area contributed by atoms with Gasteiger partial charge in [0.05, 0.1) is 5.60 Å². The molecule has 1 heterocycles. The standard InChI is InChI=1S/C15H22F2N2O/c1-15(2,20)11-19-7-5-18(6-8-19)10-12-3-4-13(16)14(17)9-12/h3-4,9,20H,5-8,10-11H2,1-2H3. The van der Waals surface area contributed by atoms with E-state index in [-0.39, 0.29) is 0 Å². The van der Waals surface area contributed by atoms with E-state index in [4.69, 9.17) is 0 Å². The van der Waals surface area contributed by atoms with E-state index in [0.29, 0.717) is 13.1 Å². The van der Waals surface area contributed by atoms with E-state index in [1.165, 1.54) is 12.1 Å². The zero-order valence-corrected chi connectivity index (χ0v) is 12.1. The van der Waals surface area contributed by atoms with Gasteiger partial charge in [-0.05, 0) is 31.5 Å². The molecule has 1 fully saturated rings. The molecule has 0 spiro atoms. The molecule has 0 radical (unpaired) electrons. The summed E-state index contributed by atoms with van der Waals surface area (Å²) >= 11 is 0. The summed E-state index contributed by atoms with van der Waals surface area (Å²) in [4.78, 5) is 4.44. The van der Waals surface area contributed by atoms with Gasteiger partial charge in [-0.1, -0.05) is 6.07 Å². The van der Waals surface area contributed by atoms with Gasteiger partial charge in [-0.3, -0.25) is 9.80 Å². The lowest BCUT2D eigenvalue weighted by Crippen LogP contribution is -2.50. The van der Waals surface area contributed by atoms with Gasteiger partial charge >= 0.3 is 0 Å². The summed E-state index contributed by atoms with van der Waals surface area (Å²) in [5.41, 5.74) is 0.113. The summed E-state index contributed by atoms with van der Waals surface area (Å²) in [6.45, 7) is 8.41. The Balaban J connectivity index is 1.83. The quantitative estimate of drug-likeness (QED) is 0.914. The zero-order valence-electron chi connectivity index (χ0n) is 12.1. The molecule has 0 aliphatic carbocycles. The Kier molecular flexibility index (Phi) is 4.73. The van der Waals surface area contributed by atoms with Gasteiger partial charge in [-0.2, -0.15) is 0 Å². The van der Waals surface area contributed by atoms with Crippen LogP contribution < -0.4 is 0 Å². The van der Waals surface area contributed by atoms with Crippen molar-refractivity contribution in [1.29, 1.82) is 0 Å². The first-order valence-electron chi connectivity index (χ1n) is 6.94. The molecule has 0 unspecified atom stereocenters. The lowest BCUT2D eigenvalue weighted by Gasteiger charge is -2.37. The first-order valence-corrected chi connectivity index (χ1v) is 6.94. The van der Waals surface area contributed by atoms with Crippen LogP contribution in [-0.4, -0.2) is 53.2 Å². The predicted octanol–water partition coefficient (Wildman–Crippen LogP) is 1.85. The molecule has 3 nitrogen and oxygen atoms in total. The van der Waals surface area contributed by atoms with Crippen LogP contribution in [0.25, 0.3) is 0 Å². The molecule has 0 atom stereocenters. The van der Waals surface area contributed by atoms with Gasteiger partial charge in [0.15, 0.2) is 11.6 Å². The molecule has 2 rings (SSSR count). The van der Waals surface area contributed by atoms with Crippen LogP contribution in [-0.2, 0) is 6.54 Å². The maximum absolute atomic E-state index is 13.2. The van der Waals surface area contributed by atoms with Gasteiger partial charge in [0, 0.05) is 39.3 Å².